The summed E-state index contributed by atoms with van der Waals surface area (Å²) < 4.78 is 0. The number of aryl methyl sites for hydroxylation is 2. The molecule has 0 spiro atoms. The number of rotatable bonds is 4. The zero-order valence-corrected chi connectivity index (χ0v) is 16.6. The molecule has 0 saturated carbocycles. The van der Waals surface area contributed by atoms with Crippen molar-refractivity contribution >= 4 is 22.5 Å². The fourth-order valence-corrected chi connectivity index (χ4v) is 3.90. The van der Waals surface area contributed by atoms with Crippen LogP contribution in [-0.2, 0) is 6.42 Å². The lowest BCUT2D eigenvalue weighted by Crippen LogP contribution is -2.08. The quantitative estimate of drug-likeness (QED) is 0.467. The van der Waals surface area contributed by atoms with Gasteiger partial charge in [-0.1, -0.05) is 54.1 Å². The van der Waals surface area contributed by atoms with E-state index in [0.717, 1.165) is 33.6 Å². The molecular weight excluding hydrogens is 368 g/mol. The summed E-state index contributed by atoms with van der Waals surface area (Å²) in [5.41, 5.74) is 5.19. The zero-order chi connectivity index (χ0) is 19.7. The monoisotopic (exact) mass is 388 g/mol. The molecule has 2 heterocycles. The van der Waals surface area contributed by atoms with E-state index in [1.807, 2.05) is 80.6 Å². The van der Waals surface area contributed by atoms with E-state index in [4.69, 9.17) is 11.6 Å². The Labute approximate surface area is 169 Å². The Morgan fingerprint density at radius 1 is 0.821 bits per heavy atom. The van der Waals surface area contributed by atoms with Crippen LogP contribution in [0.4, 0.5) is 0 Å². The Hall–Kier alpha value is -2.91. The summed E-state index contributed by atoms with van der Waals surface area (Å²) in [7, 11) is 0. The van der Waals surface area contributed by atoms with Gasteiger partial charge in [0.25, 0.3) is 0 Å². The Bertz CT molecular complexity index is 1160. The molecule has 0 fully saturated rings. The van der Waals surface area contributed by atoms with E-state index in [0.29, 0.717) is 17.0 Å². The minimum absolute atomic E-state index is 0.130. The van der Waals surface area contributed by atoms with Crippen molar-refractivity contribution in [2.75, 3.05) is 0 Å². The van der Waals surface area contributed by atoms with E-state index in [2.05, 4.69) is 9.97 Å². The van der Waals surface area contributed by atoms with Crippen LogP contribution in [0.3, 0.4) is 0 Å². The van der Waals surface area contributed by atoms with Crippen LogP contribution in [0.1, 0.15) is 34.1 Å². The summed E-state index contributed by atoms with van der Waals surface area (Å²) in [5, 5.41) is 12.7. The van der Waals surface area contributed by atoms with Gasteiger partial charge in [0.05, 0.1) is 0 Å². The maximum Gasteiger partial charge on any atom is 0.145 e. The predicted octanol–water partition coefficient (Wildman–Crippen LogP) is 5.98. The second-order valence-electron chi connectivity index (χ2n) is 7.08. The van der Waals surface area contributed by atoms with Crippen molar-refractivity contribution in [3.05, 3.63) is 100.0 Å². The number of hydrogen-bond donors (Lipinski definition) is 1. The van der Waals surface area contributed by atoms with Crippen LogP contribution in [-0.4, -0.2) is 15.1 Å². The number of nitrogens with zero attached hydrogens (tertiary/aromatic N) is 2. The van der Waals surface area contributed by atoms with Crippen LogP contribution in [0, 0.1) is 13.8 Å². The zero-order valence-electron chi connectivity index (χ0n) is 15.9. The number of hydrogen-bond acceptors (Lipinski definition) is 3. The van der Waals surface area contributed by atoms with Crippen LogP contribution >= 0.6 is 11.6 Å². The Kier molecular flexibility index (Phi) is 5.01. The van der Waals surface area contributed by atoms with Gasteiger partial charge in [-0.15, -0.1) is 0 Å². The number of benzene rings is 2. The summed E-state index contributed by atoms with van der Waals surface area (Å²) in [4.78, 5) is 9.22. The highest BCUT2D eigenvalue weighted by molar-refractivity contribution is 6.31. The normalized spacial score (nSPS) is 12.2. The fourth-order valence-electron chi connectivity index (χ4n) is 3.64. The number of phenols is 1. The second-order valence-corrected chi connectivity index (χ2v) is 7.48. The summed E-state index contributed by atoms with van der Waals surface area (Å²) >= 11 is 6.54. The molecule has 28 heavy (non-hydrogen) atoms. The molecule has 0 saturated heterocycles. The minimum atomic E-state index is -0.130. The smallest absolute Gasteiger partial charge is 0.145 e. The summed E-state index contributed by atoms with van der Waals surface area (Å²) in [5.74, 6) is 0.0773. The molecular formula is C24H21ClN2O. The van der Waals surface area contributed by atoms with Crippen molar-refractivity contribution in [1.29, 1.82) is 0 Å². The van der Waals surface area contributed by atoms with Gasteiger partial charge >= 0.3 is 0 Å². The van der Waals surface area contributed by atoms with Gasteiger partial charge in [-0.25, -0.2) is 4.98 Å². The summed E-state index contributed by atoms with van der Waals surface area (Å²) in [6, 6.07) is 21.7. The topological polar surface area (TPSA) is 46.0 Å². The third kappa shape index (κ3) is 3.58. The molecule has 2 aromatic heterocycles. The van der Waals surface area contributed by atoms with E-state index in [1.165, 1.54) is 0 Å². The van der Waals surface area contributed by atoms with Crippen molar-refractivity contribution in [2.24, 2.45) is 0 Å². The SMILES string of the molecule is Cc1cccc(CC(c2ccccc2Cl)c2ccc3ccc(C)nc3c2O)n1. The molecule has 140 valence electrons. The molecule has 0 aliphatic rings. The van der Waals surface area contributed by atoms with Gasteiger partial charge in [-0.2, -0.15) is 0 Å². The predicted molar refractivity (Wildman–Crippen MR) is 114 cm³/mol. The van der Waals surface area contributed by atoms with Crippen LogP contribution in [0.25, 0.3) is 10.9 Å². The van der Waals surface area contributed by atoms with Gasteiger partial charge in [-0.3, -0.25) is 4.98 Å². The highest BCUT2D eigenvalue weighted by atomic mass is 35.5. The third-order valence-electron chi connectivity index (χ3n) is 5.02. The highest BCUT2D eigenvalue weighted by Gasteiger charge is 2.23. The van der Waals surface area contributed by atoms with Crippen LogP contribution in [0.5, 0.6) is 5.75 Å². The maximum atomic E-state index is 11.1. The molecule has 0 radical (unpaired) electrons. The van der Waals surface area contributed by atoms with Crippen molar-refractivity contribution in [3.8, 4) is 5.75 Å². The van der Waals surface area contributed by atoms with Crippen LogP contribution < -0.4 is 0 Å². The average Bonchev–Trinajstić information content (AvgIpc) is 2.68. The lowest BCUT2D eigenvalue weighted by Gasteiger charge is -2.21. The van der Waals surface area contributed by atoms with Gasteiger partial charge in [0.1, 0.15) is 11.3 Å². The molecule has 1 unspecified atom stereocenters. The molecule has 4 rings (SSSR count). The van der Waals surface area contributed by atoms with Crippen molar-refractivity contribution in [2.45, 2.75) is 26.2 Å². The van der Waals surface area contributed by atoms with Gasteiger partial charge < -0.3 is 5.11 Å². The Morgan fingerprint density at radius 3 is 2.36 bits per heavy atom. The molecule has 4 heteroatoms. The average molecular weight is 389 g/mol. The standard InChI is InChI=1S/C24H21ClN2O/c1-15-6-5-7-18(26-15)14-21(19-8-3-4-9-22(19)25)20-13-12-17-11-10-16(2)27-23(17)24(20)28/h3-13,21,28H,14H2,1-2H3. The molecule has 0 bridgehead atoms. The first-order valence-electron chi connectivity index (χ1n) is 9.29. The first-order chi connectivity index (χ1) is 13.5. The first kappa shape index (κ1) is 18.5. The Balaban J connectivity index is 1.89. The van der Waals surface area contributed by atoms with Gasteiger partial charge in [-0.05, 0) is 43.7 Å². The van der Waals surface area contributed by atoms with E-state index in [-0.39, 0.29) is 11.7 Å². The second kappa shape index (κ2) is 7.61. The molecule has 0 aliphatic carbocycles. The van der Waals surface area contributed by atoms with E-state index < -0.39 is 0 Å². The maximum absolute atomic E-state index is 11.1. The summed E-state index contributed by atoms with van der Waals surface area (Å²) in [6.07, 6.45) is 0.635. The molecule has 0 aliphatic heterocycles. The summed E-state index contributed by atoms with van der Waals surface area (Å²) in [6.45, 7) is 3.90. The first-order valence-corrected chi connectivity index (χ1v) is 9.67. The van der Waals surface area contributed by atoms with Crippen molar-refractivity contribution < 1.29 is 5.11 Å². The van der Waals surface area contributed by atoms with Crippen LogP contribution in [0.2, 0.25) is 5.02 Å². The molecule has 3 nitrogen and oxygen atoms in total. The van der Waals surface area contributed by atoms with Gasteiger partial charge in [0.15, 0.2) is 0 Å². The van der Waals surface area contributed by atoms with Crippen LogP contribution in [0.15, 0.2) is 66.7 Å². The lowest BCUT2D eigenvalue weighted by molar-refractivity contribution is 0.469. The molecule has 1 N–H and O–H groups in total. The molecule has 1 atom stereocenters. The van der Waals surface area contributed by atoms with Gasteiger partial charge in [0.2, 0.25) is 0 Å². The number of fused-ring (bicyclic) bond motifs is 1. The number of aromatic hydroxyl groups is 1. The lowest BCUT2D eigenvalue weighted by atomic mass is 9.86. The fraction of sp³-hybridized carbons (Fsp3) is 0.167. The van der Waals surface area contributed by atoms with Crippen molar-refractivity contribution in [3.63, 3.8) is 0 Å². The number of halogens is 1. The Morgan fingerprint density at radius 2 is 1.57 bits per heavy atom. The van der Waals surface area contributed by atoms with E-state index in [9.17, 15) is 5.11 Å². The largest absolute Gasteiger partial charge is 0.505 e. The number of aromatic nitrogens is 2. The highest BCUT2D eigenvalue weighted by Crippen LogP contribution is 2.39. The van der Waals surface area contributed by atoms with E-state index >= 15 is 0 Å². The number of pyridine rings is 2. The number of phenolic OH excluding ortho intramolecular Hbond substituents is 1. The molecule has 2 aromatic carbocycles. The minimum Gasteiger partial charge on any atom is -0.505 e. The van der Waals surface area contributed by atoms with Crippen molar-refractivity contribution in [1.82, 2.24) is 9.97 Å². The molecule has 0 amide bonds. The third-order valence-corrected chi connectivity index (χ3v) is 5.37. The molecule has 4 aromatic rings. The van der Waals surface area contributed by atoms with Gasteiger partial charge in [0, 0.05) is 45.4 Å². The van der Waals surface area contributed by atoms with E-state index in [1.54, 1.807) is 0 Å².